The Balaban J connectivity index is 1.69. The van der Waals surface area contributed by atoms with Gasteiger partial charge in [0, 0.05) is 24.8 Å². The van der Waals surface area contributed by atoms with E-state index in [4.69, 9.17) is 9.31 Å². The Labute approximate surface area is 283 Å². The molecule has 0 aromatic heterocycles. The molecule has 7 atom stereocenters. The molecule has 0 aromatic carbocycles. The fourth-order valence-corrected chi connectivity index (χ4v) is 7.63. The van der Waals surface area contributed by atoms with Gasteiger partial charge >= 0.3 is 7.12 Å². The first-order valence-electron chi connectivity index (χ1n) is 17.8. The normalized spacial score (nSPS) is 26.6. The molecule has 3 N–H and O–H groups in total. The van der Waals surface area contributed by atoms with E-state index in [1.807, 2.05) is 19.9 Å². The highest BCUT2D eigenvalue weighted by atomic mass is 16.7. The van der Waals surface area contributed by atoms with Gasteiger partial charge in [-0.3, -0.25) is 19.2 Å². The van der Waals surface area contributed by atoms with Crippen LogP contribution >= 0.6 is 0 Å². The Morgan fingerprint density at radius 1 is 0.979 bits per heavy atom. The minimum absolute atomic E-state index is 0.00854. The largest absolute Gasteiger partial charge is 0.481 e. The summed E-state index contributed by atoms with van der Waals surface area (Å²) in [5.41, 5.74) is -0.113. The molecule has 262 valence electrons. The summed E-state index contributed by atoms with van der Waals surface area (Å²) in [4.78, 5) is 51.9. The first-order chi connectivity index (χ1) is 21.9. The number of amides is 3. The molecule has 1 aliphatic heterocycles. The molecule has 4 rings (SSSR count). The molecule has 1 heterocycles. The number of ketones is 1. The molecule has 3 aliphatic carbocycles. The van der Waals surface area contributed by atoms with E-state index in [1.54, 1.807) is 26.8 Å². The number of hydrogen-bond donors (Lipinski definition) is 3. The lowest BCUT2D eigenvalue weighted by atomic mass is 9.43. The summed E-state index contributed by atoms with van der Waals surface area (Å²) in [7, 11) is -0.574. The number of rotatable bonds is 17. The zero-order chi connectivity index (χ0) is 35.3. The van der Waals surface area contributed by atoms with Crippen LogP contribution in [-0.2, 0) is 28.5 Å². The van der Waals surface area contributed by atoms with Gasteiger partial charge in [-0.25, -0.2) is 0 Å². The van der Waals surface area contributed by atoms with Crippen LogP contribution in [0.25, 0.3) is 0 Å². The Bertz CT molecular complexity index is 1230. The zero-order valence-corrected chi connectivity index (χ0v) is 30.4. The standard InChI is InChI=1S/C36H59BN4O6/c1-21(2)15-26(20-38)33(44)39-14-12-11-13-25(17-28(42)24(7)40-32(43)23(5)6)34(45)41-31(16-22(3)4)37-46-30-19-27-18-29(35(27,8)9)36(30,10)47-37/h15,21-25,27,29-31H,11-14,16-19H2,1-10H3,(H,39,44)(H,40,43)(H,41,45)/t24-,25+,27-,29-,30+,31-,36-/m0/s1. The van der Waals surface area contributed by atoms with Gasteiger partial charge in [0.1, 0.15) is 11.6 Å². The summed E-state index contributed by atoms with van der Waals surface area (Å²) in [6, 6.07) is 1.23. The van der Waals surface area contributed by atoms with Crippen LogP contribution < -0.4 is 16.0 Å². The molecule has 0 aromatic rings. The third-order valence-corrected chi connectivity index (χ3v) is 10.7. The van der Waals surface area contributed by atoms with Gasteiger partial charge in [0.15, 0.2) is 5.78 Å². The summed E-state index contributed by atoms with van der Waals surface area (Å²) in [6.45, 7) is 20.3. The molecule has 0 spiro atoms. The second-order valence-electron chi connectivity index (χ2n) is 16.0. The molecule has 1 saturated heterocycles. The van der Waals surface area contributed by atoms with Crippen LogP contribution in [0.2, 0.25) is 0 Å². The summed E-state index contributed by atoms with van der Waals surface area (Å²) in [5, 5.41) is 18.1. The van der Waals surface area contributed by atoms with Crippen LogP contribution in [0.4, 0.5) is 0 Å². The zero-order valence-electron chi connectivity index (χ0n) is 30.4. The van der Waals surface area contributed by atoms with E-state index in [9.17, 15) is 24.4 Å². The van der Waals surface area contributed by atoms with Crippen LogP contribution in [-0.4, -0.2) is 60.9 Å². The molecule has 47 heavy (non-hydrogen) atoms. The van der Waals surface area contributed by atoms with Crippen LogP contribution in [0, 0.1) is 52.3 Å². The SMILES string of the molecule is CC(C)C=C(C#N)C(=O)NCCCC[C@H](CC(=O)[C@H](C)NC(=O)C(C)C)C(=O)N[C@@H](CC(C)C)B1O[C@@H]2C[C@@H]3C[C@@H](C3(C)C)[C@]2(C)O1. The maximum absolute atomic E-state index is 14.0. The number of carbonyl (C=O) groups is 4. The van der Waals surface area contributed by atoms with Gasteiger partial charge in [-0.05, 0) is 75.0 Å². The lowest BCUT2D eigenvalue weighted by molar-refractivity contribution is -0.199. The van der Waals surface area contributed by atoms with Gasteiger partial charge in [-0.15, -0.1) is 0 Å². The molecule has 3 saturated carbocycles. The third kappa shape index (κ3) is 9.47. The van der Waals surface area contributed by atoms with E-state index < -0.39 is 30.6 Å². The van der Waals surface area contributed by atoms with E-state index in [0.29, 0.717) is 44.1 Å². The number of allylic oxidation sites excluding steroid dienone is 1. The Kier molecular flexibility index (Phi) is 13.3. The van der Waals surface area contributed by atoms with E-state index in [2.05, 4.69) is 50.6 Å². The predicted molar refractivity (Wildman–Crippen MR) is 182 cm³/mol. The Hall–Kier alpha value is -2.71. The highest BCUT2D eigenvalue weighted by molar-refractivity contribution is 6.47. The molecule has 4 aliphatic rings. The van der Waals surface area contributed by atoms with Crippen molar-refractivity contribution < 1.29 is 28.5 Å². The van der Waals surface area contributed by atoms with Gasteiger partial charge in [-0.1, -0.05) is 67.9 Å². The second kappa shape index (κ2) is 16.1. The van der Waals surface area contributed by atoms with Crippen molar-refractivity contribution in [3.8, 4) is 6.07 Å². The van der Waals surface area contributed by atoms with Crippen molar-refractivity contribution in [3.05, 3.63) is 11.6 Å². The summed E-state index contributed by atoms with van der Waals surface area (Å²) < 4.78 is 13.3. The number of Topliss-reactive ketones (excluding diaryl/α,β-unsaturated/α-hetero) is 1. The van der Waals surface area contributed by atoms with Crippen molar-refractivity contribution in [1.29, 1.82) is 5.26 Å². The minimum atomic E-state index is -0.720. The molecule has 0 radical (unpaired) electrons. The molecule has 3 amide bonds. The first-order valence-corrected chi connectivity index (χ1v) is 17.8. The van der Waals surface area contributed by atoms with Crippen LogP contribution in [0.5, 0.6) is 0 Å². The minimum Gasteiger partial charge on any atom is -0.404 e. The topological polar surface area (TPSA) is 147 Å². The van der Waals surface area contributed by atoms with Crippen LogP contribution in [0.15, 0.2) is 11.6 Å². The van der Waals surface area contributed by atoms with E-state index in [-0.39, 0.29) is 64.8 Å². The number of nitriles is 1. The lowest BCUT2D eigenvalue weighted by Gasteiger charge is -2.64. The Morgan fingerprint density at radius 2 is 1.66 bits per heavy atom. The molecule has 0 unspecified atom stereocenters. The van der Waals surface area contributed by atoms with Gasteiger partial charge in [0.2, 0.25) is 11.8 Å². The number of carbonyl (C=O) groups excluding carboxylic acids is 4. The van der Waals surface area contributed by atoms with E-state index in [0.717, 1.165) is 12.8 Å². The predicted octanol–water partition coefficient (Wildman–Crippen LogP) is 4.91. The number of nitrogens with one attached hydrogen (secondary N) is 3. The summed E-state index contributed by atoms with van der Waals surface area (Å²) in [6.07, 6.45) is 5.93. The third-order valence-electron chi connectivity index (χ3n) is 10.7. The maximum Gasteiger partial charge on any atom is 0.481 e. The molecule has 4 fully saturated rings. The fraction of sp³-hybridized carbons (Fsp3) is 0.806. The highest BCUT2D eigenvalue weighted by Gasteiger charge is 2.68. The lowest BCUT2D eigenvalue weighted by Crippen LogP contribution is -2.65. The molecule has 2 bridgehead atoms. The summed E-state index contributed by atoms with van der Waals surface area (Å²) in [5.74, 6) is -0.988. The summed E-state index contributed by atoms with van der Waals surface area (Å²) >= 11 is 0. The maximum atomic E-state index is 14.0. The quantitative estimate of drug-likeness (QED) is 0.0874. The van der Waals surface area contributed by atoms with Gasteiger partial charge in [0.05, 0.1) is 23.7 Å². The second-order valence-corrected chi connectivity index (χ2v) is 16.0. The molecular formula is C36H59BN4O6. The average Bonchev–Trinajstić information content (AvgIpc) is 3.35. The van der Waals surface area contributed by atoms with Gasteiger partial charge < -0.3 is 25.3 Å². The monoisotopic (exact) mass is 654 g/mol. The van der Waals surface area contributed by atoms with Crippen LogP contribution in [0.1, 0.15) is 114 Å². The van der Waals surface area contributed by atoms with Gasteiger partial charge in [-0.2, -0.15) is 5.26 Å². The fourth-order valence-electron chi connectivity index (χ4n) is 7.63. The van der Waals surface area contributed by atoms with Crippen molar-refractivity contribution in [2.45, 2.75) is 138 Å². The smallest absolute Gasteiger partial charge is 0.404 e. The van der Waals surface area contributed by atoms with Crippen LogP contribution in [0.3, 0.4) is 0 Å². The molecule has 11 heteroatoms. The van der Waals surface area contributed by atoms with Crippen molar-refractivity contribution in [2.75, 3.05) is 6.54 Å². The first kappa shape index (κ1) is 38.7. The van der Waals surface area contributed by atoms with E-state index in [1.165, 1.54) is 0 Å². The number of nitrogens with zero attached hydrogens (tertiary/aromatic N) is 1. The van der Waals surface area contributed by atoms with Crippen molar-refractivity contribution in [3.63, 3.8) is 0 Å². The van der Waals surface area contributed by atoms with Gasteiger partial charge in [0.25, 0.3) is 5.91 Å². The number of hydrogen-bond acceptors (Lipinski definition) is 7. The van der Waals surface area contributed by atoms with E-state index >= 15 is 0 Å². The Morgan fingerprint density at radius 3 is 2.23 bits per heavy atom. The van der Waals surface area contributed by atoms with Crippen molar-refractivity contribution in [2.24, 2.45) is 40.9 Å². The number of unbranched alkanes of at least 4 members (excludes halogenated alkanes) is 1. The average molecular weight is 655 g/mol. The van der Waals surface area contributed by atoms with Crippen molar-refractivity contribution >= 4 is 30.6 Å². The van der Waals surface area contributed by atoms with Crippen molar-refractivity contribution in [1.82, 2.24) is 16.0 Å². The highest BCUT2D eigenvalue weighted by Crippen LogP contribution is 2.65. The molecule has 10 nitrogen and oxygen atoms in total. The molecular weight excluding hydrogens is 595 g/mol.